The Labute approximate surface area is 239 Å². The van der Waals surface area contributed by atoms with Crippen molar-refractivity contribution < 1.29 is 57.3 Å². The number of epoxide rings is 1. The molecule has 2 bridgehead atoms. The van der Waals surface area contributed by atoms with Gasteiger partial charge in [-0.05, 0) is 31.0 Å². The molecule has 0 aliphatic carbocycles. The number of phenolic OH excluding ortho intramolecular Hbond substituents is 1. The smallest absolute Gasteiger partial charge is 0.320 e. The van der Waals surface area contributed by atoms with Gasteiger partial charge in [-0.15, -0.1) is 0 Å². The highest BCUT2D eigenvalue weighted by atomic mass is 16.9. The minimum absolute atomic E-state index is 0.0632. The Morgan fingerprint density at radius 2 is 1.79 bits per heavy atom. The van der Waals surface area contributed by atoms with Crippen molar-refractivity contribution in [1.29, 1.82) is 0 Å². The van der Waals surface area contributed by atoms with Crippen molar-refractivity contribution in [2.45, 2.75) is 62.9 Å². The lowest BCUT2D eigenvalue weighted by atomic mass is 9.78. The van der Waals surface area contributed by atoms with Gasteiger partial charge in [-0.2, -0.15) is 0 Å². The number of rotatable bonds is 4. The normalized spacial score (nSPS) is 32.6. The third-order valence-electron chi connectivity index (χ3n) is 8.75. The lowest BCUT2D eigenvalue weighted by Gasteiger charge is -2.49. The number of ether oxygens (including phenoxy) is 9. The number of benzene rings is 3. The molecule has 3 aromatic carbocycles. The molecule has 1 spiro atoms. The second-order valence-corrected chi connectivity index (χ2v) is 11.2. The lowest BCUT2D eigenvalue weighted by Crippen LogP contribution is -2.71. The van der Waals surface area contributed by atoms with Gasteiger partial charge in [0.15, 0.2) is 11.9 Å². The molecule has 3 aromatic rings. The number of carbonyl (C=O) groups is 2. The Morgan fingerprint density at radius 3 is 2.45 bits per heavy atom. The number of aromatic hydroxyl groups is 1. The zero-order chi connectivity index (χ0) is 29.2. The van der Waals surface area contributed by atoms with Crippen molar-refractivity contribution in [2.75, 3.05) is 26.9 Å². The van der Waals surface area contributed by atoms with Crippen LogP contribution >= 0.6 is 0 Å². The molecule has 0 aromatic heterocycles. The molecule has 8 rings (SSSR count). The monoisotopic (exact) mass is 580 g/mol. The molecule has 0 saturated carbocycles. The number of fused-ring (bicyclic) bond motifs is 8. The number of hydrogen-bond donors (Lipinski definition) is 1. The van der Waals surface area contributed by atoms with E-state index >= 15 is 0 Å². The predicted octanol–water partition coefficient (Wildman–Crippen LogP) is 3.29. The Kier molecular flexibility index (Phi) is 5.23. The minimum Gasteiger partial charge on any atom is -0.507 e. The number of hydrogen-bond acceptors (Lipinski definition) is 12. The Morgan fingerprint density at radius 1 is 1.02 bits per heavy atom. The van der Waals surface area contributed by atoms with Crippen LogP contribution < -0.4 is 14.2 Å². The van der Waals surface area contributed by atoms with Gasteiger partial charge in [0.25, 0.3) is 5.79 Å². The zero-order valence-corrected chi connectivity index (χ0v) is 23.3. The van der Waals surface area contributed by atoms with Crippen molar-refractivity contribution in [3.63, 3.8) is 0 Å². The Bertz CT molecular complexity index is 1710. The molecule has 0 radical (unpaired) electrons. The summed E-state index contributed by atoms with van der Waals surface area (Å²) in [5, 5.41) is 12.7. The molecule has 5 atom stereocenters. The highest BCUT2D eigenvalue weighted by Crippen LogP contribution is 2.72. The molecule has 0 amide bonds. The SMILES string of the molecule is COc1c2cccc(O)c2c(OC(C)=O)c2c3c(c(C)cc12)C1OC2(C4OCCCO4)OC1[C@@](OC(C)=O)(O3)[C@@]21CO1. The number of carbonyl (C=O) groups excluding carboxylic acids is 2. The largest absolute Gasteiger partial charge is 0.507 e. The lowest BCUT2D eigenvalue weighted by molar-refractivity contribution is -0.363. The first-order valence-corrected chi connectivity index (χ1v) is 13.8. The van der Waals surface area contributed by atoms with E-state index in [1.807, 2.05) is 13.0 Å². The number of aryl methyl sites for hydroxylation is 1. The average Bonchev–Trinajstić information content (AvgIpc) is 3.61. The van der Waals surface area contributed by atoms with Crippen LogP contribution in [0.15, 0.2) is 24.3 Å². The number of phenols is 1. The van der Waals surface area contributed by atoms with E-state index in [-0.39, 0.29) is 29.2 Å². The van der Waals surface area contributed by atoms with E-state index in [1.54, 1.807) is 12.1 Å². The van der Waals surface area contributed by atoms with E-state index < -0.39 is 47.6 Å². The molecule has 5 aliphatic heterocycles. The molecule has 12 heteroatoms. The van der Waals surface area contributed by atoms with E-state index in [9.17, 15) is 14.7 Å². The third kappa shape index (κ3) is 2.98. The third-order valence-corrected chi connectivity index (χ3v) is 8.75. The first-order chi connectivity index (χ1) is 20.2. The van der Waals surface area contributed by atoms with Crippen LogP contribution in [0.4, 0.5) is 0 Å². The van der Waals surface area contributed by atoms with Crippen LogP contribution in [0.5, 0.6) is 23.0 Å². The fourth-order valence-corrected chi connectivity index (χ4v) is 7.20. The van der Waals surface area contributed by atoms with Crippen molar-refractivity contribution in [2.24, 2.45) is 0 Å². The zero-order valence-electron chi connectivity index (χ0n) is 23.3. The van der Waals surface area contributed by atoms with E-state index in [1.165, 1.54) is 27.0 Å². The van der Waals surface area contributed by atoms with Gasteiger partial charge >= 0.3 is 17.7 Å². The summed E-state index contributed by atoms with van der Waals surface area (Å²) in [4.78, 5) is 25.2. The summed E-state index contributed by atoms with van der Waals surface area (Å²) in [5.74, 6) is -4.01. The molecule has 12 nitrogen and oxygen atoms in total. The van der Waals surface area contributed by atoms with E-state index in [0.29, 0.717) is 47.1 Å². The molecule has 5 heterocycles. The molecular weight excluding hydrogens is 552 g/mol. The Hall–Kier alpha value is -3.68. The molecule has 42 heavy (non-hydrogen) atoms. The van der Waals surface area contributed by atoms with Crippen LogP contribution in [0, 0.1) is 6.92 Å². The van der Waals surface area contributed by atoms with Gasteiger partial charge < -0.3 is 47.7 Å². The number of esters is 2. The van der Waals surface area contributed by atoms with Gasteiger partial charge in [-0.1, -0.05) is 12.1 Å². The molecule has 4 saturated heterocycles. The highest BCUT2D eigenvalue weighted by molar-refractivity contribution is 6.16. The second kappa shape index (κ2) is 8.45. The van der Waals surface area contributed by atoms with Gasteiger partial charge in [0, 0.05) is 30.2 Å². The minimum atomic E-state index is -1.80. The van der Waals surface area contributed by atoms with Crippen LogP contribution in [-0.4, -0.2) is 73.5 Å². The van der Waals surface area contributed by atoms with Gasteiger partial charge in [0.1, 0.15) is 23.4 Å². The van der Waals surface area contributed by atoms with Crippen LogP contribution in [0.2, 0.25) is 0 Å². The maximum atomic E-state index is 12.7. The molecule has 4 fully saturated rings. The molecule has 220 valence electrons. The molecule has 5 aliphatic rings. The van der Waals surface area contributed by atoms with Gasteiger partial charge in [-0.3, -0.25) is 9.59 Å². The Balaban J connectivity index is 1.46. The standard InChI is InChI=1S/C30H28O12/c1-13-11-17-21(23(38-14(2)31)20-16(22(17)34-4)7-5-8-18(20)33)24-19(13)25-26-29(40-24,39-15(3)32)28(12-37-28)30(41-25,42-26)27-35-9-6-10-36-27/h5,7-8,11,25-27,33H,6,9-10,12H2,1-4H3/t25?,26?,28-,29+,30?/m0/s1. The number of methoxy groups -OCH3 is 1. The summed E-state index contributed by atoms with van der Waals surface area (Å²) < 4.78 is 55.8. The van der Waals surface area contributed by atoms with E-state index in [2.05, 4.69) is 0 Å². The quantitative estimate of drug-likeness (QED) is 0.210. The first-order valence-electron chi connectivity index (χ1n) is 13.8. The molecule has 3 unspecified atom stereocenters. The summed E-state index contributed by atoms with van der Waals surface area (Å²) in [6.45, 7) is 5.36. The van der Waals surface area contributed by atoms with Crippen molar-refractivity contribution in [3.8, 4) is 23.0 Å². The van der Waals surface area contributed by atoms with Gasteiger partial charge in [-0.25, -0.2) is 0 Å². The molecule has 1 N–H and O–H groups in total. The van der Waals surface area contributed by atoms with E-state index in [0.717, 1.165) is 5.56 Å². The fraction of sp³-hybridized carbons (Fsp3) is 0.467. The summed E-state index contributed by atoms with van der Waals surface area (Å²) in [5.41, 5.74) is -0.0606. The van der Waals surface area contributed by atoms with Gasteiger partial charge in [0.2, 0.25) is 11.9 Å². The van der Waals surface area contributed by atoms with Crippen LogP contribution in [0.3, 0.4) is 0 Å². The first kappa shape index (κ1) is 26.0. The van der Waals surface area contributed by atoms with Crippen molar-refractivity contribution >= 4 is 33.5 Å². The van der Waals surface area contributed by atoms with Crippen LogP contribution in [0.25, 0.3) is 21.5 Å². The van der Waals surface area contributed by atoms with Gasteiger partial charge in [0.05, 0.1) is 37.7 Å². The highest BCUT2D eigenvalue weighted by Gasteiger charge is 2.94. The summed E-state index contributed by atoms with van der Waals surface area (Å²) >= 11 is 0. The van der Waals surface area contributed by atoms with E-state index in [4.69, 9.17) is 42.6 Å². The van der Waals surface area contributed by atoms with Crippen molar-refractivity contribution in [3.05, 3.63) is 35.4 Å². The summed E-state index contributed by atoms with van der Waals surface area (Å²) in [6.07, 6.45) is -2.00. The summed E-state index contributed by atoms with van der Waals surface area (Å²) in [6, 6.07) is 6.80. The second-order valence-electron chi connectivity index (χ2n) is 11.2. The van der Waals surface area contributed by atoms with Crippen LogP contribution in [0.1, 0.15) is 37.5 Å². The van der Waals surface area contributed by atoms with Crippen molar-refractivity contribution in [1.82, 2.24) is 0 Å². The maximum Gasteiger partial charge on any atom is 0.320 e. The summed E-state index contributed by atoms with van der Waals surface area (Å²) in [7, 11) is 1.52. The predicted molar refractivity (Wildman–Crippen MR) is 141 cm³/mol. The maximum absolute atomic E-state index is 12.7. The fourth-order valence-electron chi connectivity index (χ4n) is 7.20. The van der Waals surface area contributed by atoms with Crippen LogP contribution in [-0.2, 0) is 38.0 Å². The topological polar surface area (TPSA) is 141 Å². The molecular formula is C30H28O12. The average molecular weight is 581 g/mol.